The van der Waals surface area contributed by atoms with E-state index < -0.39 is 0 Å². The molecule has 0 unspecified atom stereocenters. The lowest BCUT2D eigenvalue weighted by atomic mass is 10.0. The van der Waals surface area contributed by atoms with Crippen LogP contribution in [0.5, 0.6) is 17.2 Å². The van der Waals surface area contributed by atoms with Gasteiger partial charge in [-0.15, -0.1) is 0 Å². The largest absolute Gasteiger partial charge is 0.496 e. The van der Waals surface area contributed by atoms with E-state index in [-0.39, 0.29) is 6.79 Å². The van der Waals surface area contributed by atoms with Gasteiger partial charge in [0.15, 0.2) is 11.5 Å². The van der Waals surface area contributed by atoms with Gasteiger partial charge in [-0.2, -0.15) is 0 Å². The number of nitrogens with zero attached hydrogens (tertiary/aromatic N) is 1. The maximum absolute atomic E-state index is 5.48. The molecule has 0 aliphatic carbocycles. The molecular formula is C18H14BrNO3. The predicted molar refractivity (Wildman–Crippen MR) is 92.3 cm³/mol. The Balaban J connectivity index is 2.01. The van der Waals surface area contributed by atoms with Crippen LogP contribution in [-0.2, 0) is 0 Å². The van der Waals surface area contributed by atoms with Crippen LogP contribution in [0.25, 0.3) is 22.2 Å². The van der Waals surface area contributed by atoms with Gasteiger partial charge in [0, 0.05) is 21.5 Å². The molecule has 0 N–H and O–H groups in total. The van der Waals surface area contributed by atoms with E-state index in [4.69, 9.17) is 19.2 Å². The molecule has 0 saturated heterocycles. The molecule has 0 radical (unpaired) electrons. The molecule has 116 valence electrons. The van der Waals surface area contributed by atoms with Gasteiger partial charge < -0.3 is 14.2 Å². The second-order valence-corrected chi connectivity index (χ2v) is 6.12. The molecule has 4 rings (SSSR count). The fourth-order valence-electron chi connectivity index (χ4n) is 2.81. The van der Waals surface area contributed by atoms with Crippen molar-refractivity contribution >= 4 is 26.8 Å². The summed E-state index contributed by atoms with van der Waals surface area (Å²) >= 11 is 3.69. The number of hydrogen-bond donors (Lipinski definition) is 0. The number of benzene rings is 2. The average Bonchev–Trinajstić information content (AvgIpc) is 3.04. The zero-order valence-corrected chi connectivity index (χ0v) is 14.3. The third kappa shape index (κ3) is 2.23. The van der Waals surface area contributed by atoms with E-state index in [0.717, 1.165) is 49.4 Å². The van der Waals surface area contributed by atoms with Crippen molar-refractivity contribution < 1.29 is 14.2 Å². The van der Waals surface area contributed by atoms with E-state index in [9.17, 15) is 0 Å². The second-order valence-electron chi connectivity index (χ2n) is 5.32. The van der Waals surface area contributed by atoms with E-state index in [1.165, 1.54) is 0 Å². The number of halogens is 1. The summed E-state index contributed by atoms with van der Waals surface area (Å²) in [4.78, 5) is 4.83. The Morgan fingerprint density at radius 3 is 2.65 bits per heavy atom. The van der Waals surface area contributed by atoms with Crippen molar-refractivity contribution in [3.8, 4) is 28.5 Å². The van der Waals surface area contributed by atoms with E-state index in [1.807, 2.05) is 36.4 Å². The van der Waals surface area contributed by atoms with Crippen molar-refractivity contribution in [1.29, 1.82) is 0 Å². The van der Waals surface area contributed by atoms with Crippen LogP contribution in [0.15, 0.2) is 40.9 Å². The van der Waals surface area contributed by atoms with Gasteiger partial charge in [0.25, 0.3) is 0 Å². The van der Waals surface area contributed by atoms with Gasteiger partial charge >= 0.3 is 0 Å². The Labute approximate surface area is 142 Å². The summed E-state index contributed by atoms with van der Waals surface area (Å²) in [7, 11) is 1.67. The van der Waals surface area contributed by atoms with Crippen LogP contribution in [0.2, 0.25) is 0 Å². The van der Waals surface area contributed by atoms with Gasteiger partial charge in [-0.3, -0.25) is 0 Å². The zero-order valence-electron chi connectivity index (χ0n) is 12.7. The van der Waals surface area contributed by atoms with Crippen LogP contribution in [0.1, 0.15) is 5.56 Å². The molecule has 3 aromatic rings. The van der Waals surface area contributed by atoms with Crippen molar-refractivity contribution in [2.24, 2.45) is 0 Å². The summed E-state index contributed by atoms with van der Waals surface area (Å²) < 4.78 is 17.4. The fraction of sp³-hybridized carbons (Fsp3) is 0.167. The summed E-state index contributed by atoms with van der Waals surface area (Å²) in [6.07, 6.45) is 0. The molecule has 2 aromatic carbocycles. The Kier molecular flexibility index (Phi) is 3.38. The van der Waals surface area contributed by atoms with Crippen molar-refractivity contribution in [2.45, 2.75) is 6.92 Å². The summed E-state index contributed by atoms with van der Waals surface area (Å²) in [6, 6.07) is 11.8. The molecule has 5 heteroatoms. The molecule has 0 saturated carbocycles. The molecule has 1 aliphatic rings. The quantitative estimate of drug-likeness (QED) is 0.653. The van der Waals surface area contributed by atoms with E-state index in [2.05, 4.69) is 22.9 Å². The zero-order chi connectivity index (χ0) is 16.0. The van der Waals surface area contributed by atoms with Crippen molar-refractivity contribution in [3.63, 3.8) is 0 Å². The molecule has 0 amide bonds. The van der Waals surface area contributed by atoms with Crippen LogP contribution in [-0.4, -0.2) is 18.9 Å². The van der Waals surface area contributed by atoms with Gasteiger partial charge in [-0.1, -0.05) is 12.1 Å². The Morgan fingerprint density at radius 2 is 1.87 bits per heavy atom. The number of rotatable bonds is 2. The van der Waals surface area contributed by atoms with Gasteiger partial charge in [0.1, 0.15) is 5.75 Å². The first kappa shape index (κ1) is 14.3. The molecular weight excluding hydrogens is 358 g/mol. The van der Waals surface area contributed by atoms with E-state index in [1.54, 1.807) is 7.11 Å². The van der Waals surface area contributed by atoms with Gasteiger partial charge in [-0.05, 0) is 46.6 Å². The Hall–Kier alpha value is -2.27. The van der Waals surface area contributed by atoms with Crippen molar-refractivity contribution in [3.05, 3.63) is 46.4 Å². The molecule has 1 aliphatic heterocycles. The third-order valence-corrected chi connectivity index (χ3v) is 5.00. The molecule has 23 heavy (non-hydrogen) atoms. The number of fused-ring (bicyclic) bond motifs is 2. The number of methoxy groups -OCH3 is 1. The van der Waals surface area contributed by atoms with Crippen molar-refractivity contribution in [1.82, 2.24) is 4.98 Å². The average molecular weight is 372 g/mol. The Bertz CT molecular complexity index is 924. The minimum atomic E-state index is 0.255. The van der Waals surface area contributed by atoms with Crippen LogP contribution in [0, 0.1) is 6.92 Å². The topological polar surface area (TPSA) is 40.6 Å². The fourth-order valence-corrected chi connectivity index (χ4v) is 3.32. The summed E-state index contributed by atoms with van der Waals surface area (Å²) in [5, 5.41) is 1.04. The minimum absolute atomic E-state index is 0.255. The van der Waals surface area contributed by atoms with Gasteiger partial charge in [0.05, 0.1) is 18.3 Å². The second kappa shape index (κ2) is 5.42. The number of aromatic nitrogens is 1. The predicted octanol–water partition coefficient (Wildman–Crippen LogP) is 4.71. The lowest BCUT2D eigenvalue weighted by Gasteiger charge is -2.13. The molecule has 2 heterocycles. The summed E-state index contributed by atoms with van der Waals surface area (Å²) in [6.45, 7) is 2.32. The smallest absolute Gasteiger partial charge is 0.231 e. The highest BCUT2D eigenvalue weighted by molar-refractivity contribution is 9.10. The molecule has 4 nitrogen and oxygen atoms in total. The lowest BCUT2D eigenvalue weighted by Crippen LogP contribution is -1.95. The molecule has 1 aromatic heterocycles. The van der Waals surface area contributed by atoms with E-state index >= 15 is 0 Å². The van der Waals surface area contributed by atoms with Gasteiger partial charge in [0.2, 0.25) is 6.79 Å². The van der Waals surface area contributed by atoms with E-state index in [0.29, 0.717) is 0 Å². The maximum atomic E-state index is 5.48. The summed E-state index contributed by atoms with van der Waals surface area (Å²) in [5.41, 5.74) is 3.78. The SMILES string of the molecule is COc1ccccc1-c1nc2cc3c(cc2c(C)c1Br)OCO3. The van der Waals surface area contributed by atoms with Crippen molar-refractivity contribution in [2.75, 3.05) is 13.9 Å². The lowest BCUT2D eigenvalue weighted by molar-refractivity contribution is 0.174. The first-order valence-corrected chi connectivity index (χ1v) is 8.01. The number of aryl methyl sites for hydroxylation is 1. The van der Waals surface area contributed by atoms with Gasteiger partial charge in [-0.25, -0.2) is 4.98 Å². The molecule has 0 spiro atoms. The number of ether oxygens (including phenoxy) is 3. The van der Waals surface area contributed by atoms with Crippen LogP contribution >= 0.6 is 15.9 Å². The molecule has 0 bridgehead atoms. The monoisotopic (exact) mass is 371 g/mol. The summed E-state index contributed by atoms with van der Waals surface area (Å²) in [5.74, 6) is 2.29. The standard InChI is InChI=1S/C18H14BrNO3/c1-10-12-7-15-16(23-9-22-15)8-13(12)20-18(17(10)19)11-5-3-4-6-14(11)21-2/h3-8H,9H2,1-2H3. The number of pyridine rings is 1. The number of hydrogen-bond acceptors (Lipinski definition) is 4. The van der Waals surface area contributed by atoms with Crippen LogP contribution < -0.4 is 14.2 Å². The molecule has 0 fully saturated rings. The highest BCUT2D eigenvalue weighted by Gasteiger charge is 2.19. The normalized spacial score (nSPS) is 12.7. The first-order valence-electron chi connectivity index (χ1n) is 7.22. The highest BCUT2D eigenvalue weighted by Crippen LogP contribution is 2.42. The minimum Gasteiger partial charge on any atom is -0.496 e. The maximum Gasteiger partial charge on any atom is 0.231 e. The first-order chi connectivity index (χ1) is 11.2. The Morgan fingerprint density at radius 1 is 1.13 bits per heavy atom. The third-order valence-electron chi connectivity index (χ3n) is 4.03. The van der Waals surface area contributed by atoms with Crippen LogP contribution in [0.4, 0.5) is 0 Å². The number of para-hydroxylation sites is 1. The highest BCUT2D eigenvalue weighted by atomic mass is 79.9. The van der Waals surface area contributed by atoms with Crippen LogP contribution in [0.3, 0.4) is 0 Å². The molecule has 0 atom stereocenters.